The summed E-state index contributed by atoms with van der Waals surface area (Å²) < 4.78 is 61.4. The van der Waals surface area contributed by atoms with Crippen molar-refractivity contribution in [3.05, 3.63) is 10.0 Å². The normalized spacial score (nSPS) is 22.3. The van der Waals surface area contributed by atoms with Gasteiger partial charge in [0.2, 0.25) is 5.01 Å². The number of halogens is 3. The van der Waals surface area contributed by atoms with E-state index < -0.39 is 26.3 Å². The van der Waals surface area contributed by atoms with Crippen LogP contribution in [0.2, 0.25) is 0 Å². The van der Waals surface area contributed by atoms with Gasteiger partial charge in [0.25, 0.3) is 0 Å². The molecule has 0 bridgehead atoms. The number of Topliss-reactive ketones (excluding diaryl/α,β-unsaturated/α-hetero) is 1. The molecule has 1 aliphatic carbocycles. The maximum atomic E-state index is 12.5. The highest BCUT2D eigenvalue weighted by molar-refractivity contribution is 7.91. The summed E-state index contributed by atoms with van der Waals surface area (Å²) in [6.07, 6.45) is -2.26. The maximum Gasteiger partial charge on any atom is 0.445 e. The van der Waals surface area contributed by atoms with Crippen LogP contribution in [-0.4, -0.2) is 35.4 Å². The van der Waals surface area contributed by atoms with E-state index in [2.05, 4.69) is 10.2 Å². The van der Waals surface area contributed by atoms with Gasteiger partial charge in [-0.15, -0.1) is 10.2 Å². The fraction of sp³-hybridized carbons (Fsp3) is 0.800. The summed E-state index contributed by atoms with van der Waals surface area (Å²) >= 11 is 0.396. The summed E-state index contributed by atoms with van der Waals surface area (Å²) in [4.78, 5) is 12.3. The Kier molecular flexibility index (Phi) is 6.24. The second-order valence-electron chi connectivity index (χ2n) is 6.74. The largest absolute Gasteiger partial charge is 0.445 e. The first-order valence-corrected chi connectivity index (χ1v) is 10.7. The molecule has 0 amide bonds. The molecule has 1 aliphatic rings. The number of carbonyl (C=O) groups is 1. The molecule has 1 fully saturated rings. The first-order chi connectivity index (χ1) is 11.5. The van der Waals surface area contributed by atoms with Crippen LogP contribution in [-0.2, 0) is 27.2 Å². The number of hydrogen-bond acceptors (Lipinski definition) is 6. The molecule has 2 rings (SSSR count). The summed E-state index contributed by atoms with van der Waals surface area (Å²) in [6, 6.07) is 0. The van der Waals surface area contributed by atoms with E-state index in [-0.39, 0.29) is 34.8 Å². The minimum absolute atomic E-state index is 0.0508. The Balaban J connectivity index is 1.86. The summed E-state index contributed by atoms with van der Waals surface area (Å²) in [5.41, 5.74) is 0. The zero-order valence-electron chi connectivity index (χ0n) is 14.0. The average molecular weight is 398 g/mol. The van der Waals surface area contributed by atoms with Gasteiger partial charge in [-0.1, -0.05) is 11.3 Å². The van der Waals surface area contributed by atoms with Crippen LogP contribution in [0.1, 0.15) is 49.5 Å². The molecule has 0 N–H and O–H groups in total. The Morgan fingerprint density at radius 3 is 2.28 bits per heavy atom. The molecular weight excluding hydrogens is 377 g/mol. The number of rotatable bonds is 6. The predicted octanol–water partition coefficient (Wildman–Crippen LogP) is 3.30. The minimum Gasteiger partial charge on any atom is -0.299 e. The highest BCUT2D eigenvalue weighted by atomic mass is 32.2. The molecule has 1 aromatic heterocycles. The topological polar surface area (TPSA) is 77.0 Å². The van der Waals surface area contributed by atoms with Crippen LogP contribution >= 0.6 is 11.3 Å². The molecule has 0 atom stereocenters. The first kappa shape index (κ1) is 20.3. The molecule has 0 saturated heterocycles. The van der Waals surface area contributed by atoms with Gasteiger partial charge < -0.3 is 0 Å². The third-order valence-electron chi connectivity index (χ3n) is 4.52. The lowest BCUT2D eigenvalue weighted by Crippen LogP contribution is -2.29. The Hall–Kier alpha value is -1.03. The van der Waals surface area contributed by atoms with Crippen LogP contribution in [0.5, 0.6) is 0 Å². The van der Waals surface area contributed by atoms with Gasteiger partial charge >= 0.3 is 6.18 Å². The zero-order valence-corrected chi connectivity index (χ0v) is 15.7. The van der Waals surface area contributed by atoms with E-state index in [1.807, 2.05) is 0 Å². The Morgan fingerprint density at radius 1 is 1.20 bits per heavy atom. The molecule has 1 aromatic rings. The third kappa shape index (κ3) is 5.47. The molecule has 0 spiro atoms. The van der Waals surface area contributed by atoms with Crippen molar-refractivity contribution in [1.82, 2.24) is 10.2 Å². The standard InChI is InChI=1S/C15H21F3N2O3S2/c1-9(2)25(22,23)8-10-3-5-11(6-4-10)12(21)7-13-19-20-14(24-13)15(16,17)18/h9-11H,3-8H2,1-2H3. The van der Waals surface area contributed by atoms with Gasteiger partial charge in [-0.25, -0.2) is 8.42 Å². The highest BCUT2D eigenvalue weighted by Gasteiger charge is 2.36. The first-order valence-electron chi connectivity index (χ1n) is 8.13. The number of sulfone groups is 1. The van der Waals surface area contributed by atoms with Crippen molar-refractivity contribution in [3.8, 4) is 0 Å². The maximum absolute atomic E-state index is 12.5. The molecule has 0 unspecified atom stereocenters. The smallest absolute Gasteiger partial charge is 0.299 e. The molecule has 1 saturated carbocycles. The van der Waals surface area contributed by atoms with Crippen LogP contribution in [0, 0.1) is 11.8 Å². The predicted molar refractivity (Wildman–Crippen MR) is 88.0 cm³/mol. The zero-order chi connectivity index (χ0) is 18.8. The number of nitrogens with zero attached hydrogens (tertiary/aromatic N) is 2. The number of alkyl halides is 3. The fourth-order valence-corrected chi connectivity index (χ4v) is 5.00. The van der Waals surface area contributed by atoms with E-state index in [0.29, 0.717) is 37.0 Å². The Morgan fingerprint density at radius 2 is 1.80 bits per heavy atom. The van der Waals surface area contributed by atoms with Crippen molar-refractivity contribution < 1.29 is 26.4 Å². The second kappa shape index (κ2) is 7.69. The van der Waals surface area contributed by atoms with Crippen LogP contribution in [0.4, 0.5) is 13.2 Å². The van der Waals surface area contributed by atoms with Gasteiger partial charge in [-0.05, 0) is 45.4 Å². The molecule has 10 heteroatoms. The second-order valence-corrected chi connectivity index (χ2v) is 10.4. The highest BCUT2D eigenvalue weighted by Crippen LogP contribution is 2.34. The van der Waals surface area contributed by atoms with Crippen molar-refractivity contribution in [2.75, 3.05) is 5.75 Å². The SMILES string of the molecule is CC(C)S(=O)(=O)CC1CCC(C(=O)Cc2nnc(C(F)(F)F)s2)CC1. The van der Waals surface area contributed by atoms with E-state index in [9.17, 15) is 26.4 Å². The molecule has 5 nitrogen and oxygen atoms in total. The van der Waals surface area contributed by atoms with Gasteiger partial charge in [-0.2, -0.15) is 13.2 Å². The molecule has 1 heterocycles. The van der Waals surface area contributed by atoms with Crippen molar-refractivity contribution in [3.63, 3.8) is 0 Å². The fourth-order valence-electron chi connectivity index (χ4n) is 2.91. The average Bonchev–Trinajstić information content (AvgIpc) is 2.96. The number of carbonyl (C=O) groups excluding carboxylic acids is 1. The van der Waals surface area contributed by atoms with Crippen molar-refractivity contribution in [2.24, 2.45) is 11.8 Å². The number of hydrogen-bond donors (Lipinski definition) is 0. The lowest BCUT2D eigenvalue weighted by atomic mass is 9.80. The van der Waals surface area contributed by atoms with Gasteiger partial charge in [0, 0.05) is 5.92 Å². The Bertz CT molecular complexity index is 706. The van der Waals surface area contributed by atoms with Crippen LogP contribution in [0.25, 0.3) is 0 Å². The van der Waals surface area contributed by atoms with Crippen LogP contribution in [0.15, 0.2) is 0 Å². The van der Waals surface area contributed by atoms with E-state index >= 15 is 0 Å². The monoisotopic (exact) mass is 398 g/mol. The number of aromatic nitrogens is 2. The van der Waals surface area contributed by atoms with Crippen molar-refractivity contribution >= 4 is 27.0 Å². The van der Waals surface area contributed by atoms with Crippen LogP contribution in [0.3, 0.4) is 0 Å². The summed E-state index contributed by atoms with van der Waals surface area (Å²) in [5.74, 6) is -0.196. The third-order valence-corrected chi connectivity index (χ3v) is 7.86. The molecule has 0 radical (unpaired) electrons. The van der Waals surface area contributed by atoms with Gasteiger partial charge in [0.15, 0.2) is 9.84 Å². The molecule has 142 valence electrons. The van der Waals surface area contributed by atoms with Gasteiger partial charge in [0.1, 0.15) is 10.8 Å². The Labute approximate surface area is 149 Å². The lowest BCUT2D eigenvalue weighted by molar-refractivity contribution is -0.138. The molecule has 25 heavy (non-hydrogen) atoms. The van der Waals surface area contributed by atoms with E-state index in [1.165, 1.54) is 0 Å². The molecule has 0 aromatic carbocycles. The van der Waals surface area contributed by atoms with Crippen molar-refractivity contribution in [2.45, 2.75) is 57.4 Å². The molecule has 0 aliphatic heterocycles. The van der Waals surface area contributed by atoms with E-state index in [0.717, 1.165) is 0 Å². The number of ketones is 1. The summed E-state index contributed by atoms with van der Waals surface area (Å²) in [6.45, 7) is 3.31. The van der Waals surface area contributed by atoms with Crippen LogP contribution < -0.4 is 0 Å². The van der Waals surface area contributed by atoms with Gasteiger partial charge in [-0.3, -0.25) is 4.79 Å². The van der Waals surface area contributed by atoms with Gasteiger partial charge in [0.05, 0.1) is 17.4 Å². The lowest BCUT2D eigenvalue weighted by Gasteiger charge is -2.27. The summed E-state index contributed by atoms with van der Waals surface area (Å²) in [7, 11) is -3.10. The van der Waals surface area contributed by atoms with E-state index in [4.69, 9.17) is 0 Å². The summed E-state index contributed by atoms with van der Waals surface area (Å²) in [5, 5.41) is 5.15. The quantitative estimate of drug-likeness (QED) is 0.735. The molecular formula is C15H21F3N2O3S2. The van der Waals surface area contributed by atoms with E-state index in [1.54, 1.807) is 13.8 Å². The minimum atomic E-state index is -4.54. The van der Waals surface area contributed by atoms with Crippen molar-refractivity contribution in [1.29, 1.82) is 0 Å².